The number of ether oxygens (including phenoxy) is 1. The lowest BCUT2D eigenvalue weighted by molar-refractivity contribution is -0.137. The minimum atomic E-state index is -0.937. The van der Waals surface area contributed by atoms with Crippen LogP contribution in [0.2, 0.25) is 0 Å². The first-order valence-corrected chi connectivity index (χ1v) is 6.67. The lowest BCUT2D eigenvalue weighted by Gasteiger charge is -2.20. The SMILES string of the molecule is COc1ccc(CNC(=O)NC(CC(=O)O)C(C)C)cn1. The monoisotopic (exact) mass is 295 g/mol. The molecule has 3 N–H and O–H groups in total. The van der Waals surface area contributed by atoms with Crippen molar-refractivity contribution in [2.24, 2.45) is 5.92 Å². The minimum absolute atomic E-state index is 0.0366. The number of hydrogen-bond donors (Lipinski definition) is 3. The number of nitrogens with zero attached hydrogens (tertiary/aromatic N) is 1. The number of methoxy groups -OCH3 is 1. The van der Waals surface area contributed by atoms with Crippen LogP contribution in [-0.4, -0.2) is 35.2 Å². The Morgan fingerprint density at radius 3 is 2.57 bits per heavy atom. The molecular formula is C14H21N3O4. The fraction of sp³-hybridized carbons (Fsp3) is 0.500. The highest BCUT2D eigenvalue weighted by Crippen LogP contribution is 2.07. The van der Waals surface area contributed by atoms with Crippen molar-refractivity contribution in [2.45, 2.75) is 32.9 Å². The van der Waals surface area contributed by atoms with Gasteiger partial charge in [0.1, 0.15) is 0 Å². The van der Waals surface area contributed by atoms with Crippen LogP contribution in [0.15, 0.2) is 18.3 Å². The number of pyridine rings is 1. The topological polar surface area (TPSA) is 101 Å². The van der Waals surface area contributed by atoms with Crippen LogP contribution in [0.1, 0.15) is 25.8 Å². The standard InChI is InChI=1S/C14H21N3O4/c1-9(2)11(6-13(18)19)17-14(20)16-8-10-4-5-12(21-3)15-7-10/h4-5,7,9,11H,6,8H2,1-3H3,(H,18,19)(H2,16,17,20). The predicted molar refractivity (Wildman–Crippen MR) is 77.0 cm³/mol. The number of aliphatic carboxylic acids is 1. The van der Waals surface area contributed by atoms with E-state index in [1.165, 1.54) is 7.11 Å². The van der Waals surface area contributed by atoms with Gasteiger partial charge in [-0.3, -0.25) is 4.79 Å². The van der Waals surface area contributed by atoms with E-state index in [0.717, 1.165) is 5.56 Å². The van der Waals surface area contributed by atoms with E-state index >= 15 is 0 Å². The summed E-state index contributed by atoms with van der Waals surface area (Å²) in [5.74, 6) is -0.396. The minimum Gasteiger partial charge on any atom is -0.481 e. The van der Waals surface area contributed by atoms with E-state index in [2.05, 4.69) is 15.6 Å². The fourth-order valence-electron chi connectivity index (χ4n) is 1.68. The highest BCUT2D eigenvalue weighted by molar-refractivity contribution is 5.75. The van der Waals surface area contributed by atoms with Gasteiger partial charge in [-0.2, -0.15) is 0 Å². The Balaban J connectivity index is 2.46. The van der Waals surface area contributed by atoms with Crippen molar-refractivity contribution in [3.8, 4) is 5.88 Å². The first-order chi connectivity index (χ1) is 9.92. The zero-order chi connectivity index (χ0) is 15.8. The van der Waals surface area contributed by atoms with Gasteiger partial charge in [0, 0.05) is 24.8 Å². The van der Waals surface area contributed by atoms with Gasteiger partial charge in [0.2, 0.25) is 5.88 Å². The van der Waals surface area contributed by atoms with Crippen LogP contribution in [0.25, 0.3) is 0 Å². The second-order valence-electron chi connectivity index (χ2n) is 4.98. The fourth-order valence-corrected chi connectivity index (χ4v) is 1.68. The Hall–Kier alpha value is -2.31. The molecule has 21 heavy (non-hydrogen) atoms. The molecule has 0 saturated heterocycles. The van der Waals surface area contributed by atoms with Crippen LogP contribution in [-0.2, 0) is 11.3 Å². The quantitative estimate of drug-likeness (QED) is 0.705. The average molecular weight is 295 g/mol. The first kappa shape index (κ1) is 16.7. The molecule has 0 bridgehead atoms. The predicted octanol–water partition coefficient (Wildman–Crippen LogP) is 1.39. The van der Waals surface area contributed by atoms with E-state index in [-0.39, 0.29) is 12.3 Å². The van der Waals surface area contributed by atoms with Crippen LogP contribution in [0.3, 0.4) is 0 Å². The molecule has 0 aromatic carbocycles. The van der Waals surface area contributed by atoms with Gasteiger partial charge in [-0.1, -0.05) is 19.9 Å². The largest absolute Gasteiger partial charge is 0.481 e. The number of rotatable bonds is 7. The van der Waals surface area contributed by atoms with Gasteiger partial charge in [0.25, 0.3) is 0 Å². The lowest BCUT2D eigenvalue weighted by Crippen LogP contribution is -2.45. The van der Waals surface area contributed by atoms with Gasteiger partial charge >= 0.3 is 12.0 Å². The summed E-state index contributed by atoms with van der Waals surface area (Å²) in [5.41, 5.74) is 0.824. The van der Waals surface area contributed by atoms with Crippen molar-refractivity contribution >= 4 is 12.0 Å². The molecule has 1 aromatic rings. The van der Waals surface area contributed by atoms with Crippen LogP contribution in [0.5, 0.6) is 5.88 Å². The van der Waals surface area contributed by atoms with E-state index in [9.17, 15) is 9.59 Å². The number of amides is 2. The Morgan fingerprint density at radius 2 is 2.10 bits per heavy atom. The number of carbonyl (C=O) groups is 2. The summed E-state index contributed by atoms with van der Waals surface area (Å²) < 4.78 is 4.94. The third-order valence-corrected chi connectivity index (χ3v) is 2.98. The molecule has 0 aliphatic rings. The summed E-state index contributed by atoms with van der Waals surface area (Å²) >= 11 is 0. The van der Waals surface area contributed by atoms with Crippen molar-refractivity contribution in [1.29, 1.82) is 0 Å². The Labute approximate surface area is 123 Å². The maximum Gasteiger partial charge on any atom is 0.315 e. The van der Waals surface area contributed by atoms with Crippen molar-refractivity contribution in [2.75, 3.05) is 7.11 Å². The number of urea groups is 1. The molecule has 1 heterocycles. The molecule has 1 unspecified atom stereocenters. The molecule has 1 rings (SSSR count). The molecule has 0 saturated carbocycles. The van der Waals surface area contributed by atoms with E-state index in [1.54, 1.807) is 18.3 Å². The van der Waals surface area contributed by atoms with Gasteiger partial charge in [-0.05, 0) is 11.5 Å². The number of carbonyl (C=O) groups excluding carboxylic acids is 1. The Morgan fingerprint density at radius 1 is 1.38 bits per heavy atom. The molecule has 1 atom stereocenters. The van der Waals surface area contributed by atoms with Crippen molar-refractivity contribution in [1.82, 2.24) is 15.6 Å². The van der Waals surface area contributed by atoms with Gasteiger partial charge < -0.3 is 20.5 Å². The summed E-state index contributed by atoms with van der Waals surface area (Å²) in [4.78, 5) is 26.6. The molecule has 0 aliphatic heterocycles. The highest BCUT2D eigenvalue weighted by atomic mass is 16.5. The van der Waals surface area contributed by atoms with Crippen LogP contribution in [0.4, 0.5) is 4.79 Å². The second-order valence-corrected chi connectivity index (χ2v) is 4.98. The molecule has 0 aliphatic carbocycles. The Bertz CT molecular complexity index is 474. The number of nitrogens with one attached hydrogen (secondary N) is 2. The van der Waals surface area contributed by atoms with Crippen molar-refractivity contribution in [3.63, 3.8) is 0 Å². The van der Waals surface area contributed by atoms with Crippen molar-refractivity contribution in [3.05, 3.63) is 23.9 Å². The average Bonchev–Trinajstić information content (AvgIpc) is 2.44. The van der Waals surface area contributed by atoms with E-state index < -0.39 is 18.0 Å². The third kappa shape index (κ3) is 6.11. The molecule has 1 aromatic heterocycles. The number of carboxylic acids is 1. The second kappa shape index (κ2) is 8.08. The van der Waals surface area contributed by atoms with Gasteiger partial charge in [-0.15, -0.1) is 0 Å². The first-order valence-electron chi connectivity index (χ1n) is 6.67. The van der Waals surface area contributed by atoms with E-state index in [4.69, 9.17) is 9.84 Å². The van der Waals surface area contributed by atoms with Gasteiger partial charge in [0.15, 0.2) is 0 Å². The lowest BCUT2D eigenvalue weighted by atomic mass is 10.0. The summed E-state index contributed by atoms with van der Waals surface area (Å²) in [6, 6.07) is 2.70. The third-order valence-electron chi connectivity index (χ3n) is 2.98. The molecule has 0 radical (unpaired) electrons. The Kier molecular flexibility index (Phi) is 6.45. The zero-order valence-electron chi connectivity index (χ0n) is 12.4. The molecule has 0 fully saturated rings. The number of hydrogen-bond acceptors (Lipinski definition) is 4. The van der Waals surface area contributed by atoms with Crippen molar-refractivity contribution < 1.29 is 19.4 Å². The maximum atomic E-state index is 11.8. The molecular weight excluding hydrogens is 274 g/mol. The molecule has 0 spiro atoms. The summed E-state index contributed by atoms with van der Waals surface area (Å²) in [6.45, 7) is 4.03. The summed E-state index contributed by atoms with van der Waals surface area (Å²) in [7, 11) is 1.53. The number of aromatic nitrogens is 1. The van der Waals surface area contributed by atoms with Gasteiger partial charge in [-0.25, -0.2) is 9.78 Å². The molecule has 7 heteroatoms. The van der Waals surface area contributed by atoms with E-state index in [1.807, 2.05) is 13.8 Å². The maximum absolute atomic E-state index is 11.8. The molecule has 116 valence electrons. The summed E-state index contributed by atoms with van der Waals surface area (Å²) in [6.07, 6.45) is 1.51. The van der Waals surface area contributed by atoms with Crippen LogP contribution >= 0.6 is 0 Å². The van der Waals surface area contributed by atoms with Gasteiger partial charge in [0.05, 0.1) is 13.5 Å². The smallest absolute Gasteiger partial charge is 0.315 e. The zero-order valence-corrected chi connectivity index (χ0v) is 12.4. The van der Waals surface area contributed by atoms with Crippen LogP contribution in [0, 0.1) is 5.92 Å². The number of carboxylic acid groups (broad SMARTS) is 1. The van der Waals surface area contributed by atoms with Crippen LogP contribution < -0.4 is 15.4 Å². The molecule has 2 amide bonds. The molecule has 7 nitrogen and oxygen atoms in total. The van der Waals surface area contributed by atoms with E-state index in [0.29, 0.717) is 12.4 Å². The summed E-state index contributed by atoms with van der Waals surface area (Å²) in [5, 5.41) is 14.1. The normalized spacial score (nSPS) is 11.8. The highest BCUT2D eigenvalue weighted by Gasteiger charge is 2.19.